The Labute approximate surface area is 82.1 Å². The number of rotatable bonds is 1. The fourth-order valence-electron chi connectivity index (χ4n) is 2.17. The average Bonchev–Trinajstić information content (AvgIpc) is 2.52. The first-order valence-corrected chi connectivity index (χ1v) is 4.95. The minimum Gasteiger partial charge on any atom is -0.345 e. The van der Waals surface area contributed by atoms with E-state index in [4.69, 9.17) is 0 Å². The Balaban J connectivity index is 2.31. The van der Waals surface area contributed by atoms with Gasteiger partial charge in [0.2, 0.25) is 0 Å². The number of halogens is 2. The average molecular weight is 198 g/mol. The molecule has 2 N–H and O–H groups in total. The Morgan fingerprint density at radius 2 is 2.07 bits per heavy atom. The molecule has 0 aromatic heterocycles. The van der Waals surface area contributed by atoms with Crippen molar-refractivity contribution in [2.75, 3.05) is 13.1 Å². The molecule has 1 nitrogen and oxygen atoms in total. The molecule has 1 aromatic carbocycles. The maximum absolute atomic E-state index is 13.4. The number of benzene rings is 1. The smallest absolute Gasteiger partial charge is 0.129 e. The molecule has 14 heavy (non-hydrogen) atoms. The van der Waals surface area contributed by atoms with Crippen LogP contribution in [0.25, 0.3) is 0 Å². The van der Waals surface area contributed by atoms with E-state index in [0.29, 0.717) is 11.5 Å². The van der Waals surface area contributed by atoms with Crippen molar-refractivity contribution in [1.82, 2.24) is 0 Å². The third-order valence-electron chi connectivity index (χ3n) is 3.01. The van der Waals surface area contributed by atoms with Gasteiger partial charge < -0.3 is 5.32 Å². The van der Waals surface area contributed by atoms with Gasteiger partial charge in [0.25, 0.3) is 0 Å². The molecular weight excluding hydrogens is 184 g/mol. The first-order valence-electron chi connectivity index (χ1n) is 4.95. The normalized spacial score (nSPS) is 26.8. The Morgan fingerprint density at radius 1 is 1.29 bits per heavy atom. The van der Waals surface area contributed by atoms with Gasteiger partial charge in [0.05, 0.1) is 13.1 Å². The zero-order chi connectivity index (χ0) is 10.1. The maximum Gasteiger partial charge on any atom is 0.129 e. The first kappa shape index (κ1) is 9.59. The van der Waals surface area contributed by atoms with Gasteiger partial charge in [-0.15, -0.1) is 0 Å². The highest BCUT2D eigenvalue weighted by Gasteiger charge is 2.30. The van der Waals surface area contributed by atoms with Crippen molar-refractivity contribution in [2.45, 2.75) is 12.8 Å². The van der Waals surface area contributed by atoms with Gasteiger partial charge in [-0.25, -0.2) is 8.78 Å². The second-order valence-electron chi connectivity index (χ2n) is 4.01. The molecule has 1 aliphatic heterocycles. The fraction of sp³-hybridized carbons (Fsp3) is 0.455. The minimum absolute atomic E-state index is 0.232. The summed E-state index contributed by atoms with van der Waals surface area (Å²) in [4.78, 5) is 0. The number of hydrogen-bond acceptors (Lipinski definition) is 0. The van der Waals surface area contributed by atoms with Crippen LogP contribution < -0.4 is 5.32 Å². The van der Waals surface area contributed by atoms with Gasteiger partial charge in [-0.2, -0.15) is 0 Å². The van der Waals surface area contributed by atoms with Crippen LogP contribution in [0.15, 0.2) is 18.2 Å². The van der Waals surface area contributed by atoms with Crippen molar-refractivity contribution in [3.05, 3.63) is 35.4 Å². The summed E-state index contributed by atoms with van der Waals surface area (Å²) in [5, 5.41) is 2.18. The lowest BCUT2D eigenvalue weighted by Gasteiger charge is -2.12. The number of hydrogen-bond donors (Lipinski definition) is 1. The van der Waals surface area contributed by atoms with Gasteiger partial charge in [0.1, 0.15) is 11.6 Å². The molecule has 2 unspecified atom stereocenters. The van der Waals surface area contributed by atoms with E-state index < -0.39 is 11.6 Å². The lowest BCUT2D eigenvalue weighted by molar-refractivity contribution is -0.638. The Bertz CT molecular complexity index is 338. The van der Waals surface area contributed by atoms with E-state index in [0.717, 1.165) is 19.2 Å². The van der Waals surface area contributed by atoms with Crippen LogP contribution in [0.3, 0.4) is 0 Å². The lowest BCUT2D eigenvalue weighted by atomic mass is 9.90. The van der Waals surface area contributed by atoms with E-state index in [9.17, 15) is 8.78 Å². The standard InChI is InChI=1S/C11H13F2N/c1-7-5-14-6-10(7)9-3-2-8(12)4-11(9)13/h2-4,7,10,14H,5-6H2,1H3/p+1. The van der Waals surface area contributed by atoms with E-state index in [1.165, 1.54) is 6.07 Å². The molecule has 1 saturated heterocycles. The van der Waals surface area contributed by atoms with Crippen molar-refractivity contribution in [1.29, 1.82) is 0 Å². The van der Waals surface area contributed by atoms with E-state index in [1.54, 1.807) is 6.07 Å². The molecule has 76 valence electrons. The van der Waals surface area contributed by atoms with Crippen LogP contribution in [-0.4, -0.2) is 13.1 Å². The molecule has 0 saturated carbocycles. The molecule has 0 bridgehead atoms. The first-order chi connectivity index (χ1) is 6.68. The highest BCUT2D eigenvalue weighted by molar-refractivity contribution is 5.23. The molecule has 2 atom stereocenters. The van der Waals surface area contributed by atoms with Crippen LogP contribution in [0, 0.1) is 17.6 Å². The summed E-state index contributed by atoms with van der Waals surface area (Å²) < 4.78 is 26.1. The third kappa shape index (κ3) is 1.64. The van der Waals surface area contributed by atoms with Crippen molar-refractivity contribution in [3.8, 4) is 0 Å². The highest BCUT2D eigenvalue weighted by Crippen LogP contribution is 2.27. The Hall–Kier alpha value is -0.960. The van der Waals surface area contributed by atoms with Crippen LogP contribution >= 0.6 is 0 Å². The van der Waals surface area contributed by atoms with Gasteiger partial charge in [-0.1, -0.05) is 13.0 Å². The van der Waals surface area contributed by atoms with E-state index in [2.05, 4.69) is 12.2 Å². The molecule has 2 rings (SSSR count). The van der Waals surface area contributed by atoms with E-state index in [1.807, 2.05) is 0 Å². The quantitative estimate of drug-likeness (QED) is 0.699. The van der Waals surface area contributed by atoms with Crippen LogP contribution in [-0.2, 0) is 0 Å². The molecule has 1 aromatic rings. The Kier molecular flexibility index (Phi) is 2.50. The highest BCUT2D eigenvalue weighted by atomic mass is 19.1. The second kappa shape index (κ2) is 3.65. The van der Waals surface area contributed by atoms with Crippen molar-refractivity contribution < 1.29 is 14.1 Å². The molecular formula is C11H14F2N+. The molecule has 0 radical (unpaired) electrons. The predicted molar refractivity (Wildman–Crippen MR) is 49.9 cm³/mol. The van der Waals surface area contributed by atoms with Crippen LogP contribution in [0.1, 0.15) is 18.4 Å². The van der Waals surface area contributed by atoms with Gasteiger partial charge in [0.15, 0.2) is 0 Å². The summed E-state index contributed by atoms with van der Waals surface area (Å²) in [5.41, 5.74) is 0.660. The van der Waals surface area contributed by atoms with Gasteiger partial charge in [0, 0.05) is 17.9 Å². The van der Waals surface area contributed by atoms with Crippen molar-refractivity contribution in [2.24, 2.45) is 5.92 Å². The lowest BCUT2D eigenvalue weighted by Crippen LogP contribution is -2.81. The van der Waals surface area contributed by atoms with Gasteiger partial charge in [-0.3, -0.25) is 0 Å². The second-order valence-corrected chi connectivity index (χ2v) is 4.01. The van der Waals surface area contributed by atoms with E-state index >= 15 is 0 Å². The minimum atomic E-state index is -0.499. The third-order valence-corrected chi connectivity index (χ3v) is 3.01. The van der Waals surface area contributed by atoms with Gasteiger partial charge in [-0.05, 0) is 11.6 Å². The summed E-state index contributed by atoms with van der Waals surface area (Å²) in [6, 6.07) is 3.88. The Morgan fingerprint density at radius 3 is 2.64 bits per heavy atom. The molecule has 0 amide bonds. The van der Waals surface area contributed by atoms with Crippen LogP contribution in [0.2, 0.25) is 0 Å². The molecule has 1 fully saturated rings. The summed E-state index contributed by atoms with van der Waals surface area (Å²) in [7, 11) is 0. The summed E-state index contributed by atoms with van der Waals surface area (Å²) in [6.07, 6.45) is 0. The molecule has 1 aliphatic rings. The molecule has 1 heterocycles. The SMILES string of the molecule is CC1C[NH2+]CC1c1ccc(F)cc1F. The zero-order valence-corrected chi connectivity index (χ0v) is 8.13. The van der Waals surface area contributed by atoms with Crippen molar-refractivity contribution >= 4 is 0 Å². The van der Waals surface area contributed by atoms with Crippen LogP contribution in [0.5, 0.6) is 0 Å². The monoisotopic (exact) mass is 198 g/mol. The largest absolute Gasteiger partial charge is 0.345 e. The maximum atomic E-state index is 13.4. The number of quaternary nitrogens is 1. The summed E-state index contributed by atoms with van der Waals surface area (Å²) in [5.74, 6) is -0.205. The zero-order valence-electron chi connectivity index (χ0n) is 8.13. The van der Waals surface area contributed by atoms with Crippen LogP contribution in [0.4, 0.5) is 8.78 Å². The molecule has 0 aliphatic carbocycles. The molecule has 0 spiro atoms. The number of nitrogens with two attached hydrogens (primary N) is 1. The summed E-state index contributed by atoms with van der Waals surface area (Å²) >= 11 is 0. The fourth-order valence-corrected chi connectivity index (χ4v) is 2.17. The topological polar surface area (TPSA) is 16.6 Å². The van der Waals surface area contributed by atoms with Gasteiger partial charge >= 0.3 is 0 Å². The predicted octanol–water partition coefficient (Wildman–Crippen LogP) is 1.26. The van der Waals surface area contributed by atoms with Crippen molar-refractivity contribution in [3.63, 3.8) is 0 Å². The molecule has 3 heteroatoms. The summed E-state index contributed by atoms with van der Waals surface area (Å²) in [6.45, 7) is 4.04. The van der Waals surface area contributed by atoms with E-state index in [-0.39, 0.29) is 5.92 Å².